The fourth-order valence-electron chi connectivity index (χ4n) is 2.57. The maximum atomic E-state index is 5.91. The van der Waals surface area contributed by atoms with Crippen molar-refractivity contribution >= 4 is 15.9 Å². The van der Waals surface area contributed by atoms with Crippen LogP contribution in [0.2, 0.25) is 0 Å². The molecule has 15 heavy (non-hydrogen) atoms. The summed E-state index contributed by atoms with van der Waals surface area (Å²) in [6.45, 7) is 2.12. The Morgan fingerprint density at radius 3 is 3.00 bits per heavy atom. The summed E-state index contributed by atoms with van der Waals surface area (Å²) in [6.07, 6.45) is 3.26. The molecule has 0 saturated carbocycles. The zero-order valence-electron chi connectivity index (χ0n) is 8.90. The summed E-state index contributed by atoms with van der Waals surface area (Å²) < 4.78 is 8.90. The minimum atomic E-state index is -0.0589. The molecule has 1 aromatic rings. The molecule has 2 aliphatic rings. The lowest BCUT2D eigenvalue weighted by Crippen LogP contribution is -2.36. The number of aromatic nitrogens is 2. The van der Waals surface area contributed by atoms with Gasteiger partial charge in [-0.2, -0.15) is 5.10 Å². The number of rotatable bonds is 1. The van der Waals surface area contributed by atoms with Crippen molar-refractivity contribution in [3.05, 3.63) is 16.4 Å². The van der Waals surface area contributed by atoms with Crippen LogP contribution >= 0.6 is 15.9 Å². The van der Waals surface area contributed by atoms with Gasteiger partial charge in [0, 0.05) is 20.1 Å². The van der Waals surface area contributed by atoms with E-state index >= 15 is 0 Å². The van der Waals surface area contributed by atoms with Gasteiger partial charge < -0.3 is 9.64 Å². The predicted molar refractivity (Wildman–Crippen MR) is 59.6 cm³/mol. The van der Waals surface area contributed by atoms with Crippen LogP contribution in [0.15, 0.2) is 10.7 Å². The first-order valence-corrected chi connectivity index (χ1v) is 5.97. The van der Waals surface area contributed by atoms with E-state index in [9.17, 15) is 0 Å². The number of nitrogens with zero attached hydrogens (tertiary/aromatic N) is 3. The molecular formula is C10H14BrN3O. The topological polar surface area (TPSA) is 33.6 Å². The van der Waals surface area contributed by atoms with Gasteiger partial charge in [0.2, 0.25) is 0 Å². The predicted octanol–water partition coefficient (Wildman–Crippen LogP) is 1.11. The summed E-state index contributed by atoms with van der Waals surface area (Å²) in [7, 11) is 4.12. The molecule has 2 fully saturated rings. The van der Waals surface area contributed by atoms with E-state index in [-0.39, 0.29) is 5.60 Å². The first-order chi connectivity index (χ1) is 7.13. The molecule has 0 radical (unpaired) electrons. The largest absolute Gasteiger partial charge is 0.358 e. The number of likely N-dealkylation sites (tertiary alicyclic amines) is 1. The summed E-state index contributed by atoms with van der Waals surface area (Å²) in [5.74, 6) is 0. The summed E-state index contributed by atoms with van der Waals surface area (Å²) in [5, 5.41) is 4.26. The molecule has 1 aromatic heterocycles. The van der Waals surface area contributed by atoms with E-state index in [1.807, 2.05) is 17.9 Å². The number of piperidine rings is 1. The SMILES string of the molecule is CN1CC[C@@]2(c3c(Br)cnn3C)O[C@@H]2C1. The molecule has 3 heterocycles. The van der Waals surface area contributed by atoms with Gasteiger partial charge in [-0.25, -0.2) is 0 Å². The van der Waals surface area contributed by atoms with E-state index in [0.717, 1.165) is 24.0 Å². The molecule has 0 unspecified atom stereocenters. The highest BCUT2D eigenvalue weighted by Crippen LogP contribution is 2.53. The number of epoxide rings is 1. The molecule has 0 amide bonds. The van der Waals surface area contributed by atoms with Crippen LogP contribution in [0.3, 0.4) is 0 Å². The van der Waals surface area contributed by atoms with Crippen LogP contribution in [0.25, 0.3) is 0 Å². The Labute approximate surface area is 97.3 Å². The second-order valence-corrected chi connectivity index (χ2v) is 5.33. The van der Waals surface area contributed by atoms with Gasteiger partial charge >= 0.3 is 0 Å². The molecule has 2 atom stereocenters. The van der Waals surface area contributed by atoms with Gasteiger partial charge in [-0.05, 0) is 29.4 Å². The van der Waals surface area contributed by atoms with Crippen LogP contribution in [0, 0.1) is 0 Å². The Balaban J connectivity index is 1.96. The molecular weight excluding hydrogens is 258 g/mol. The Kier molecular flexibility index (Phi) is 2.00. The van der Waals surface area contributed by atoms with Gasteiger partial charge in [0.25, 0.3) is 0 Å². The van der Waals surface area contributed by atoms with Crippen molar-refractivity contribution < 1.29 is 4.74 Å². The second kappa shape index (κ2) is 3.06. The van der Waals surface area contributed by atoms with Gasteiger partial charge in [0.15, 0.2) is 0 Å². The van der Waals surface area contributed by atoms with Gasteiger partial charge in [0.05, 0.1) is 16.4 Å². The first kappa shape index (κ1) is 9.81. The molecule has 0 N–H and O–H groups in total. The third kappa shape index (κ3) is 1.30. The van der Waals surface area contributed by atoms with E-state index in [2.05, 4.69) is 33.0 Å². The number of hydrogen-bond acceptors (Lipinski definition) is 3. The molecule has 2 saturated heterocycles. The molecule has 0 aliphatic carbocycles. The maximum absolute atomic E-state index is 5.91. The molecule has 3 rings (SSSR count). The van der Waals surface area contributed by atoms with Crippen molar-refractivity contribution in [3.8, 4) is 0 Å². The number of ether oxygens (including phenoxy) is 1. The molecule has 82 valence electrons. The summed E-state index contributed by atoms with van der Waals surface area (Å²) in [6, 6.07) is 0. The molecule has 0 bridgehead atoms. The van der Waals surface area contributed by atoms with Crippen LogP contribution in [-0.2, 0) is 17.4 Å². The zero-order chi connectivity index (χ0) is 10.6. The highest BCUT2D eigenvalue weighted by molar-refractivity contribution is 9.10. The Morgan fingerprint density at radius 1 is 1.60 bits per heavy atom. The Bertz CT molecular complexity index is 386. The number of aryl methyl sites for hydroxylation is 1. The van der Waals surface area contributed by atoms with Crippen molar-refractivity contribution in [2.75, 3.05) is 20.1 Å². The van der Waals surface area contributed by atoms with Crippen LogP contribution in [0.4, 0.5) is 0 Å². The summed E-state index contributed by atoms with van der Waals surface area (Å²) in [5.41, 5.74) is 1.14. The zero-order valence-corrected chi connectivity index (χ0v) is 10.5. The van der Waals surface area contributed by atoms with E-state index in [1.54, 1.807) is 0 Å². The monoisotopic (exact) mass is 271 g/mol. The van der Waals surface area contributed by atoms with Crippen molar-refractivity contribution in [3.63, 3.8) is 0 Å². The lowest BCUT2D eigenvalue weighted by Gasteiger charge is -2.25. The highest BCUT2D eigenvalue weighted by Gasteiger charge is 2.61. The van der Waals surface area contributed by atoms with Crippen LogP contribution < -0.4 is 0 Å². The Hall–Kier alpha value is -0.390. The van der Waals surface area contributed by atoms with E-state index in [1.165, 1.54) is 5.69 Å². The number of hydrogen-bond donors (Lipinski definition) is 0. The third-order valence-electron chi connectivity index (χ3n) is 3.45. The lowest BCUT2D eigenvalue weighted by molar-refractivity contribution is 0.252. The standard InChI is InChI=1S/C10H14BrN3O/c1-13-4-3-10(8(6-13)15-10)9-7(11)5-12-14(9)2/h5,8H,3-4,6H2,1-2H3/t8-,10-/m1/s1. The van der Waals surface area contributed by atoms with Crippen LogP contribution in [0.1, 0.15) is 12.1 Å². The lowest BCUT2D eigenvalue weighted by atomic mass is 9.93. The first-order valence-electron chi connectivity index (χ1n) is 5.18. The molecule has 0 spiro atoms. The Morgan fingerprint density at radius 2 is 2.40 bits per heavy atom. The second-order valence-electron chi connectivity index (χ2n) is 4.47. The van der Waals surface area contributed by atoms with Crippen molar-refractivity contribution in [1.82, 2.24) is 14.7 Å². The highest BCUT2D eigenvalue weighted by atomic mass is 79.9. The molecule has 4 nitrogen and oxygen atoms in total. The number of fused-ring (bicyclic) bond motifs is 1. The van der Waals surface area contributed by atoms with Crippen molar-refractivity contribution in [2.24, 2.45) is 7.05 Å². The van der Waals surface area contributed by atoms with E-state index < -0.39 is 0 Å². The average molecular weight is 272 g/mol. The van der Waals surface area contributed by atoms with Crippen LogP contribution in [-0.4, -0.2) is 40.9 Å². The molecule has 2 aliphatic heterocycles. The van der Waals surface area contributed by atoms with Crippen LogP contribution in [0.5, 0.6) is 0 Å². The van der Waals surface area contributed by atoms with Gasteiger partial charge in [-0.15, -0.1) is 0 Å². The van der Waals surface area contributed by atoms with Gasteiger partial charge in [0.1, 0.15) is 11.7 Å². The van der Waals surface area contributed by atoms with Gasteiger partial charge in [-0.1, -0.05) is 0 Å². The minimum absolute atomic E-state index is 0.0589. The molecule has 0 aromatic carbocycles. The summed E-state index contributed by atoms with van der Waals surface area (Å²) >= 11 is 3.55. The number of halogens is 1. The summed E-state index contributed by atoms with van der Waals surface area (Å²) in [4.78, 5) is 2.32. The van der Waals surface area contributed by atoms with Crippen molar-refractivity contribution in [2.45, 2.75) is 18.1 Å². The normalized spacial score (nSPS) is 35.3. The fourth-order valence-corrected chi connectivity index (χ4v) is 3.25. The van der Waals surface area contributed by atoms with E-state index in [4.69, 9.17) is 4.74 Å². The van der Waals surface area contributed by atoms with Crippen molar-refractivity contribution in [1.29, 1.82) is 0 Å². The number of likely N-dealkylation sites (N-methyl/N-ethyl adjacent to an activating group) is 1. The fraction of sp³-hybridized carbons (Fsp3) is 0.700. The van der Waals surface area contributed by atoms with E-state index in [0.29, 0.717) is 6.10 Å². The third-order valence-corrected chi connectivity index (χ3v) is 4.03. The minimum Gasteiger partial charge on any atom is -0.358 e. The molecule has 5 heteroatoms. The van der Waals surface area contributed by atoms with Gasteiger partial charge in [-0.3, -0.25) is 4.68 Å². The smallest absolute Gasteiger partial charge is 0.140 e. The maximum Gasteiger partial charge on any atom is 0.140 e. The average Bonchev–Trinajstić information content (AvgIpc) is 2.79. The quantitative estimate of drug-likeness (QED) is 0.718.